The minimum absolute atomic E-state index is 0.114. The molecule has 0 aromatic heterocycles. The molecule has 2 rings (SSSR count). The van der Waals surface area contributed by atoms with E-state index in [0.717, 1.165) is 0 Å². The molecular formula is C21H20FN3O4. The summed E-state index contributed by atoms with van der Waals surface area (Å²) < 4.78 is 13.9. The van der Waals surface area contributed by atoms with Crippen LogP contribution in [0.2, 0.25) is 0 Å². The van der Waals surface area contributed by atoms with Crippen molar-refractivity contribution in [2.24, 2.45) is 0 Å². The Kier molecular flexibility index (Phi) is 7.43. The third kappa shape index (κ3) is 6.14. The number of hydrogen-bond donors (Lipinski definition) is 3. The van der Waals surface area contributed by atoms with Crippen LogP contribution in [-0.2, 0) is 27.2 Å². The summed E-state index contributed by atoms with van der Waals surface area (Å²) in [6, 6.07) is 11.8. The Balaban J connectivity index is 2.20. The van der Waals surface area contributed by atoms with Crippen LogP contribution in [0.3, 0.4) is 0 Å². The molecule has 8 heteroatoms. The lowest BCUT2D eigenvalue weighted by atomic mass is 10.00. The number of nitrogens with zero attached hydrogens (tertiary/aromatic N) is 1. The summed E-state index contributed by atoms with van der Waals surface area (Å²) in [6.07, 6.45) is -0.253. The van der Waals surface area contributed by atoms with Gasteiger partial charge >= 0.3 is 5.97 Å². The maximum atomic E-state index is 13.9. The van der Waals surface area contributed by atoms with Crippen LogP contribution in [0.4, 0.5) is 4.39 Å². The second kappa shape index (κ2) is 9.99. The zero-order chi connectivity index (χ0) is 21.4. The molecule has 29 heavy (non-hydrogen) atoms. The quantitative estimate of drug-likeness (QED) is 0.624. The van der Waals surface area contributed by atoms with E-state index in [4.69, 9.17) is 5.26 Å². The number of halogens is 1. The van der Waals surface area contributed by atoms with E-state index in [0.29, 0.717) is 11.1 Å². The number of carboxylic acids is 1. The number of amides is 2. The minimum Gasteiger partial charge on any atom is -0.480 e. The molecule has 0 spiro atoms. The molecule has 0 aliphatic carbocycles. The molecule has 150 valence electrons. The Morgan fingerprint density at radius 2 is 1.59 bits per heavy atom. The number of nitrogens with one attached hydrogen (secondary N) is 2. The summed E-state index contributed by atoms with van der Waals surface area (Å²) in [5, 5.41) is 23.5. The summed E-state index contributed by atoms with van der Waals surface area (Å²) in [7, 11) is 0. The van der Waals surface area contributed by atoms with Crippen molar-refractivity contribution in [2.45, 2.75) is 31.8 Å². The molecule has 0 bridgehead atoms. The predicted molar refractivity (Wildman–Crippen MR) is 102 cm³/mol. The maximum absolute atomic E-state index is 13.9. The Morgan fingerprint density at radius 1 is 1.00 bits per heavy atom. The number of carbonyl (C=O) groups is 3. The molecule has 0 heterocycles. The normalized spacial score (nSPS) is 12.3. The second-order valence-electron chi connectivity index (χ2n) is 6.42. The molecule has 7 nitrogen and oxygen atoms in total. The van der Waals surface area contributed by atoms with Gasteiger partial charge < -0.3 is 15.7 Å². The van der Waals surface area contributed by atoms with Gasteiger partial charge in [0.15, 0.2) is 0 Å². The molecule has 0 aliphatic heterocycles. The molecule has 0 aliphatic rings. The maximum Gasteiger partial charge on any atom is 0.326 e. The molecule has 3 N–H and O–H groups in total. The highest BCUT2D eigenvalue weighted by Gasteiger charge is 2.27. The number of carbonyl (C=O) groups excluding carboxylic acids is 2. The lowest BCUT2D eigenvalue weighted by Crippen LogP contribution is -2.52. The highest BCUT2D eigenvalue weighted by atomic mass is 19.1. The van der Waals surface area contributed by atoms with Crippen LogP contribution in [0.5, 0.6) is 0 Å². The van der Waals surface area contributed by atoms with Crippen LogP contribution in [-0.4, -0.2) is 35.0 Å². The van der Waals surface area contributed by atoms with Crippen molar-refractivity contribution in [2.75, 3.05) is 0 Å². The van der Waals surface area contributed by atoms with E-state index in [9.17, 15) is 23.9 Å². The van der Waals surface area contributed by atoms with Gasteiger partial charge in [-0.3, -0.25) is 9.59 Å². The standard InChI is InChI=1S/C21H20FN3O4/c1-13(26)24-18(11-15-7-4-5-9-17(15)22)20(27)25-19(21(28)29)10-14-6-2-3-8-16(14)12-23/h2-9,18-19H,10-11H2,1H3,(H,24,26)(H,25,27)(H,28,29)/t18-,19+/m0/s1. The van der Waals surface area contributed by atoms with Crippen molar-refractivity contribution >= 4 is 17.8 Å². The van der Waals surface area contributed by atoms with Gasteiger partial charge in [0.1, 0.15) is 17.9 Å². The molecule has 2 aromatic carbocycles. The van der Waals surface area contributed by atoms with Gasteiger partial charge in [-0.2, -0.15) is 5.26 Å². The highest BCUT2D eigenvalue weighted by Crippen LogP contribution is 2.12. The van der Waals surface area contributed by atoms with Gasteiger partial charge in [0.05, 0.1) is 11.6 Å². The SMILES string of the molecule is CC(=O)N[C@@H](Cc1ccccc1F)C(=O)N[C@H](Cc1ccccc1C#N)C(=O)O. The van der Waals surface area contributed by atoms with Crippen molar-refractivity contribution in [1.82, 2.24) is 10.6 Å². The molecule has 0 unspecified atom stereocenters. The summed E-state index contributed by atoms with van der Waals surface area (Å²) >= 11 is 0. The Hall–Kier alpha value is -3.73. The van der Waals surface area contributed by atoms with Gasteiger partial charge in [0.25, 0.3) is 0 Å². The van der Waals surface area contributed by atoms with E-state index >= 15 is 0 Å². The van der Waals surface area contributed by atoms with Crippen molar-refractivity contribution in [3.05, 3.63) is 71.0 Å². The van der Waals surface area contributed by atoms with Crippen LogP contribution >= 0.6 is 0 Å². The van der Waals surface area contributed by atoms with E-state index in [-0.39, 0.29) is 18.4 Å². The number of hydrogen-bond acceptors (Lipinski definition) is 4. The Labute approximate surface area is 167 Å². The summed E-state index contributed by atoms with van der Waals surface area (Å²) in [6.45, 7) is 1.21. The zero-order valence-electron chi connectivity index (χ0n) is 15.7. The highest BCUT2D eigenvalue weighted by molar-refractivity contribution is 5.90. The van der Waals surface area contributed by atoms with Crippen molar-refractivity contribution in [3.63, 3.8) is 0 Å². The summed E-state index contributed by atoms with van der Waals surface area (Å²) in [4.78, 5) is 35.8. The monoisotopic (exact) mass is 397 g/mol. The average Bonchev–Trinajstić information content (AvgIpc) is 2.68. The van der Waals surface area contributed by atoms with E-state index in [1.54, 1.807) is 30.3 Å². The van der Waals surface area contributed by atoms with Gasteiger partial charge in [-0.05, 0) is 23.3 Å². The fourth-order valence-electron chi connectivity index (χ4n) is 2.84. The van der Waals surface area contributed by atoms with E-state index < -0.39 is 35.7 Å². The summed E-state index contributed by atoms with van der Waals surface area (Å²) in [5.74, 6) is -3.10. The first-order valence-electron chi connectivity index (χ1n) is 8.83. The third-order valence-electron chi connectivity index (χ3n) is 4.25. The van der Waals surface area contributed by atoms with Crippen LogP contribution in [0.25, 0.3) is 0 Å². The lowest BCUT2D eigenvalue weighted by molar-refractivity contribution is -0.142. The fourth-order valence-corrected chi connectivity index (χ4v) is 2.84. The van der Waals surface area contributed by atoms with Crippen LogP contribution in [0.15, 0.2) is 48.5 Å². The van der Waals surface area contributed by atoms with Crippen LogP contribution in [0, 0.1) is 17.1 Å². The van der Waals surface area contributed by atoms with Crippen molar-refractivity contribution < 1.29 is 23.9 Å². The first-order valence-corrected chi connectivity index (χ1v) is 8.83. The van der Waals surface area contributed by atoms with Gasteiger partial charge in [-0.15, -0.1) is 0 Å². The van der Waals surface area contributed by atoms with Crippen LogP contribution < -0.4 is 10.6 Å². The Bertz CT molecular complexity index is 955. The topological polar surface area (TPSA) is 119 Å². The van der Waals surface area contributed by atoms with E-state index in [1.807, 2.05) is 6.07 Å². The van der Waals surface area contributed by atoms with E-state index in [1.165, 1.54) is 25.1 Å². The predicted octanol–water partition coefficient (Wildman–Crippen LogP) is 1.56. The smallest absolute Gasteiger partial charge is 0.326 e. The van der Waals surface area contributed by atoms with E-state index in [2.05, 4.69) is 10.6 Å². The van der Waals surface area contributed by atoms with Crippen LogP contribution in [0.1, 0.15) is 23.6 Å². The molecule has 0 saturated carbocycles. The molecule has 0 saturated heterocycles. The van der Waals surface area contributed by atoms with Crippen molar-refractivity contribution in [3.8, 4) is 6.07 Å². The number of nitriles is 1. The molecule has 0 radical (unpaired) electrons. The average molecular weight is 397 g/mol. The second-order valence-corrected chi connectivity index (χ2v) is 6.42. The fraction of sp³-hybridized carbons (Fsp3) is 0.238. The zero-order valence-corrected chi connectivity index (χ0v) is 15.7. The first-order chi connectivity index (χ1) is 13.8. The Morgan fingerprint density at radius 3 is 2.17 bits per heavy atom. The minimum atomic E-state index is -1.33. The van der Waals surface area contributed by atoms with Crippen molar-refractivity contribution in [1.29, 1.82) is 5.26 Å². The summed E-state index contributed by atoms with van der Waals surface area (Å²) in [5.41, 5.74) is 0.980. The molecule has 2 aromatic rings. The van der Waals surface area contributed by atoms with Gasteiger partial charge in [0.2, 0.25) is 11.8 Å². The molecule has 2 atom stereocenters. The largest absolute Gasteiger partial charge is 0.480 e. The number of carboxylic acid groups (broad SMARTS) is 1. The molecular weight excluding hydrogens is 377 g/mol. The third-order valence-corrected chi connectivity index (χ3v) is 4.25. The number of aliphatic carboxylic acids is 1. The first kappa shape index (κ1) is 21.6. The molecule has 2 amide bonds. The lowest BCUT2D eigenvalue weighted by Gasteiger charge is -2.21. The number of rotatable bonds is 8. The molecule has 0 fully saturated rings. The van der Waals surface area contributed by atoms with Gasteiger partial charge in [-0.25, -0.2) is 9.18 Å². The number of benzene rings is 2. The van der Waals surface area contributed by atoms with Gasteiger partial charge in [0, 0.05) is 19.8 Å². The van der Waals surface area contributed by atoms with Gasteiger partial charge in [-0.1, -0.05) is 36.4 Å².